The standard InChI is InChI=1S/C36H31N3O5/c1-23-10-9-15-26(20-23)31-29-30(33(41)37(32(29)40)22-25-13-7-4-8-14-25)36(21-24-11-5-3-6-12-24)34(42)38(35(43)39(31)36)27-16-18-28(44-2)19-17-27/h3-20,29-31H,21-22H2,1-2H3/t29?,30?,31?,36-/m1/s1. The maximum Gasteiger partial charge on any atom is 0.332 e. The Morgan fingerprint density at radius 3 is 2.05 bits per heavy atom. The summed E-state index contributed by atoms with van der Waals surface area (Å²) < 4.78 is 5.30. The van der Waals surface area contributed by atoms with E-state index in [4.69, 9.17) is 4.74 Å². The van der Waals surface area contributed by atoms with E-state index < -0.39 is 41.3 Å². The number of hydrogen-bond acceptors (Lipinski definition) is 5. The second-order valence-corrected chi connectivity index (χ2v) is 11.7. The summed E-state index contributed by atoms with van der Waals surface area (Å²) in [6, 6.07) is 31.7. The average molecular weight is 586 g/mol. The molecular formula is C36H31N3O5. The summed E-state index contributed by atoms with van der Waals surface area (Å²) in [6.07, 6.45) is 0.0900. The number of carbonyl (C=O) groups excluding carboxylic acids is 4. The van der Waals surface area contributed by atoms with Gasteiger partial charge in [0.25, 0.3) is 5.91 Å². The van der Waals surface area contributed by atoms with E-state index in [1.165, 1.54) is 9.80 Å². The zero-order valence-corrected chi connectivity index (χ0v) is 24.4. The van der Waals surface area contributed by atoms with Crippen molar-refractivity contribution in [3.8, 4) is 5.75 Å². The maximum atomic E-state index is 14.9. The van der Waals surface area contributed by atoms with Gasteiger partial charge in [-0.15, -0.1) is 0 Å². The van der Waals surface area contributed by atoms with E-state index in [9.17, 15) is 19.2 Å². The number of methoxy groups -OCH3 is 1. The molecule has 4 aromatic rings. The molecule has 3 aliphatic rings. The van der Waals surface area contributed by atoms with Gasteiger partial charge in [0.1, 0.15) is 11.3 Å². The summed E-state index contributed by atoms with van der Waals surface area (Å²) in [7, 11) is 1.54. The van der Waals surface area contributed by atoms with Crippen molar-refractivity contribution >= 4 is 29.4 Å². The molecule has 0 saturated carbocycles. The number of ether oxygens (including phenoxy) is 1. The van der Waals surface area contributed by atoms with Gasteiger partial charge in [0.05, 0.1) is 37.2 Å². The molecule has 7 rings (SSSR count). The van der Waals surface area contributed by atoms with E-state index in [-0.39, 0.29) is 18.9 Å². The number of rotatable bonds is 7. The van der Waals surface area contributed by atoms with Crippen LogP contribution in [0.25, 0.3) is 0 Å². The fourth-order valence-electron chi connectivity index (χ4n) is 7.31. The highest BCUT2D eigenvalue weighted by molar-refractivity contribution is 6.27. The molecule has 5 amide bonds. The number of fused-ring (bicyclic) bond motifs is 3. The van der Waals surface area contributed by atoms with Crippen molar-refractivity contribution in [1.82, 2.24) is 9.80 Å². The predicted molar refractivity (Wildman–Crippen MR) is 163 cm³/mol. The lowest BCUT2D eigenvalue weighted by Crippen LogP contribution is -2.55. The molecule has 44 heavy (non-hydrogen) atoms. The Hall–Kier alpha value is -5.24. The lowest BCUT2D eigenvalue weighted by atomic mass is 9.75. The molecule has 3 saturated heterocycles. The molecule has 0 aliphatic carbocycles. The summed E-state index contributed by atoms with van der Waals surface area (Å²) in [6.45, 7) is 2.04. The summed E-state index contributed by atoms with van der Waals surface area (Å²) in [5, 5.41) is 0. The van der Waals surface area contributed by atoms with Gasteiger partial charge >= 0.3 is 6.03 Å². The molecular weight excluding hydrogens is 554 g/mol. The number of aryl methyl sites for hydroxylation is 1. The Balaban J connectivity index is 1.43. The second kappa shape index (κ2) is 10.5. The topological polar surface area (TPSA) is 87.2 Å². The van der Waals surface area contributed by atoms with Crippen molar-refractivity contribution in [3.05, 3.63) is 131 Å². The lowest BCUT2D eigenvalue weighted by molar-refractivity contribution is -0.144. The van der Waals surface area contributed by atoms with Crippen molar-refractivity contribution in [2.24, 2.45) is 11.8 Å². The van der Waals surface area contributed by atoms with Gasteiger partial charge in [-0.2, -0.15) is 0 Å². The minimum absolute atomic E-state index is 0.0900. The van der Waals surface area contributed by atoms with Gasteiger partial charge in [-0.05, 0) is 47.9 Å². The van der Waals surface area contributed by atoms with E-state index >= 15 is 0 Å². The molecule has 3 unspecified atom stereocenters. The van der Waals surface area contributed by atoms with Crippen LogP contribution >= 0.6 is 0 Å². The molecule has 0 bridgehead atoms. The van der Waals surface area contributed by atoms with E-state index in [0.29, 0.717) is 11.4 Å². The summed E-state index contributed by atoms with van der Waals surface area (Å²) in [4.78, 5) is 62.4. The van der Waals surface area contributed by atoms with E-state index in [1.54, 1.807) is 36.3 Å². The first kappa shape index (κ1) is 27.6. The highest BCUT2D eigenvalue weighted by Crippen LogP contribution is 2.60. The summed E-state index contributed by atoms with van der Waals surface area (Å²) in [5.41, 5.74) is 2.03. The van der Waals surface area contributed by atoms with Crippen molar-refractivity contribution in [1.29, 1.82) is 0 Å². The Labute approximate surface area is 255 Å². The third-order valence-corrected chi connectivity index (χ3v) is 9.19. The van der Waals surface area contributed by atoms with Crippen LogP contribution in [-0.2, 0) is 27.3 Å². The molecule has 3 heterocycles. The van der Waals surface area contributed by atoms with Gasteiger partial charge in [-0.1, -0.05) is 90.5 Å². The smallest absolute Gasteiger partial charge is 0.332 e. The fraction of sp³-hybridized carbons (Fsp3) is 0.222. The first-order chi connectivity index (χ1) is 21.3. The number of benzene rings is 4. The largest absolute Gasteiger partial charge is 0.497 e. The summed E-state index contributed by atoms with van der Waals surface area (Å²) in [5.74, 6) is -2.71. The third kappa shape index (κ3) is 4.05. The van der Waals surface area contributed by atoms with Gasteiger partial charge in [0, 0.05) is 6.42 Å². The number of urea groups is 1. The molecule has 4 aromatic carbocycles. The molecule has 220 valence electrons. The van der Waals surface area contributed by atoms with Crippen LogP contribution in [0.4, 0.5) is 10.5 Å². The molecule has 3 aliphatic heterocycles. The van der Waals surface area contributed by atoms with Crippen molar-refractivity contribution in [3.63, 3.8) is 0 Å². The van der Waals surface area contributed by atoms with Crippen molar-refractivity contribution in [2.75, 3.05) is 12.0 Å². The van der Waals surface area contributed by atoms with Crippen LogP contribution in [0, 0.1) is 18.8 Å². The zero-order chi connectivity index (χ0) is 30.6. The number of amides is 5. The molecule has 8 heteroatoms. The Morgan fingerprint density at radius 1 is 0.750 bits per heavy atom. The van der Waals surface area contributed by atoms with E-state index in [0.717, 1.165) is 22.3 Å². The molecule has 0 aromatic heterocycles. The van der Waals surface area contributed by atoms with Gasteiger partial charge in [-0.3, -0.25) is 19.3 Å². The molecule has 0 N–H and O–H groups in total. The van der Waals surface area contributed by atoms with Crippen LogP contribution in [-0.4, -0.2) is 46.2 Å². The number of likely N-dealkylation sites (tertiary alicyclic amines) is 1. The predicted octanol–water partition coefficient (Wildman–Crippen LogP) is 5.31. The Kier molecular flexibility index (Phi) is 6.57. The molecule has 8 nitrogen and oxygen atoms in total. The van der Waals surface area contributed by atoms with Gasteiger partial charge in [0.2, 0.25) is 11.8 Å². The van der Waals surface area contributed by atoms with Crippen LogP contribution in [0.2, 0.25) is 0 Å². The average Bonchev–Trinajstić information content (AvgIpc) is 3.56. The fourth-order valence-corrected chi connectivity index (χ4v) is 7.31. The Bertz CT molecular complexity index is 1770. The number of imide groups is 2. The van der Waals surface area contributed by atoms with Crippen LogP contribution < -0.4 is 9.64 Å². The number of nitrogens with zero attached hydrogens (tertiary/aromatic N) is 3. The molecule has 0 spiro atoms. The van der Waals surface area contributed by atoms with Crippen LogP contribution in [0.3, 0.4) is 0 Å². The van der Waals surface area contributed by atoms with E-state index in [2.05, 4.69) is 0 Å². The normalized spacial score (nSPS) is 24.2. The maximum absolute atomic E-state index is 14.9. The molecule has 0 radical (unpaired) electrons. The van der Waals surface area contributed by atoms with Crippen LogP contribution in [0.1, 0.15) is 28.3 Å². The summed E-state index contributed by atoms with van der Waals surface area (Å²) >= 11 is 0. The zero-order valence-electron chi connectivity index (χ0n) is 24.4. The van der Waals surface area contributed by atoms with Crippen LogP contribution in [0.5, 0.6) is 5.75 Å². The highest BCUT2D eigenvalue weighted by Gasteiger charge is 2.77. The minimum Gasteiger partial charge on any atom is -0.497 e. The number of anilines is 1. The quantitative estimate of drug-likeness (QED) is 0.217. The lowest BCUT2D eigenvalue weighted by Gasteiger charge is -2.35. The van der Waals surface area contributed by atoms with E-state index in [1.807, 2.05) is 91.9 Å². The van der Waals surface area contributed by atoms with Crippen molar-refractivity contribution < 1.29 is 23.9 Å². The number of carbonyl (C=O) groups is 4. The monoisotopic (exact) mass is 585 g/mol. The third-order valence-electron chi connectivity index (χ3n) is 9.19. The van der Waals surface area contributed by atoms with Crippen LogP contribution in [0.15, 0.2) is 109 Å². The van der Waals surface area contributed by atoms with Gasteiger partial charge < -0.3 is 9.64 Å². The van der Waals surface area contributed by atoms with Gasteiger partial charge in [-0.25, -0.2) is 9.69 Å². The van der Waals surface area contributed by atoms with Gasteiger partial charge in [0.15, 0.2) is 0 Å². The number of hydrogen-bond donors (Lipinski definition) is 0. The first-order valence-electron chi connectivity index (χ1n) is 14.7. The van der Waals surface area contributed by atoms with Crippen molar-refractivity contribution in [2.45, 2.75) is 31.5 Å². The molecule has 3 fully saturated rings. The minimum atomic E-state index is -1.62. The second-order valence-electron chi connectivity index (χ2n) is 11.7. The first-order valence-corrected chi connectivity index (χ1v) is 14.7. The SMILES string of the molecule is COc1ccc(N2C(=O)N3C(c4cccc(C)c4)C4C(=O)N(Cc5ccccc5)C(=O)C4[C@]3(Cc3ccccc3)C2=O)cc1. The highest BCUT2D eigenvalue weighted by atomic mass is 16.5. The Morgan fingerprint density at radius 2 is 1.41 bits per heavy atom. The molecule has 4 atom stereocenters.